The average molecular weight is 265 g/mol. The van der Waals surface area contributed by atoms with Crippen LogP contribution in [0.3, 0.4) is 0 Å². The number of methoxy groups -OCH3 is 1. The summed E-state index contributed by atoms with van der Waals surface area (Å²) in [6.07, 6.45) is 3.43. The molecule has 0 bridgehead atoms. The molecular formula is C14H19NO2S. The van der Waals surface area contributed by atoms with E-state index in [0.717, 1.165) is 13.0 Å². The molecule has 1 aliphatic heterocycles. The van der Waals surface area contributed by atoms with Crippen molar-refractivity contribution in [2.24, 2.45) is 0 Å². The van der Waals surface area contributed by atoms with E-state index in [2.05, 4.69) is 28.3 Å². The summed E-state index contributed by atoms with van der Waals surface area (Å²) in [5.74, 6) is 1.03. The highest BCUT2D eigenvalue weighted by Crippen LogP contribution is 2.30. The van der Waals surface area contributed by atoms with Gasteiger partial charge in [-0.05, 0) is 48.8 Å². The molecule has 98 valence electrons. The Morgan fingerprint density at radius 3 is 3.22 bits per heavy atom. The van der Waals surface area contributed by atoms with Crippen molar-refractivity contribution in [1.29, 1.82) is 0 Å². The van der Waals surface area contributed by atoms with Gasteiger partial charge in [0.25, 0.3) is 0 Å². The van der Waals surface area contributed by atoms with Crippen LogP contribution in [0.4, 0.5) is 0 Å². The van der Waals surface area contributed by atoms with Crippen molar-refractivity contribution in [3.8, 4) is 0 Å². The lowest BCUT2D eigenvalue weighted by Gasteiger charge is -2.16. The maximum Gasteiger partial charge on any atom is 0.319 e. The molecule has 0 fully saturated rings. The second kappa shape index (κ2) is 6.81. The van der Waals surface area contributed by atoms with Gasteiger partial charge >= 0.3 is 5.97 Å². The number of aryl methyl sites for hydroxylation is 1. The lowest BCUT2D eigenvalue weighted by atomic mass is 10.0. The van der Waals surface area contributed by atoms with Crippen LogP contribution in [-0.4, -0.2) is 31.9 Å². The van der Waals surface area contributed by atoms with Gasteiger partial charge in [-0.15, -0.1) is 11.8 Å². The Morgan fingerprint density at radius 2 is 2.39 bits per heavy atom. The predicted octanol–water partition coefficient (Wildman–Crippen LogP) is 2.03. The van der Waals surface area contributed by atoms with Crippen molar-refractivity contribution in [1.82, 2.24) is 5.32 Å². The Balaban J connectivity index is 1.81. The molecular weight excluding hydrogens is 246 g/mol. The zero-order valence-electron chi connectivity index (χ0n) is 10.7. The number of benzene rings is 1. The van der Waals surface area contributed by atoms with E-state index in [9.17, 15) is 4.79 Å². The van der Waals surface area contributed by atoms with Crippen molar-refractivity contribution in [3.63, 3.8) is 0 Å². The van der Waals surface area contributed by atoms with Crippen LogP contribution in [0.2, 0.25) is 0 Å². The van der Waals surface area contributed by atoms with Gasteiger partial charge in [0, 0.05) is 4.90 Å². The van der Waals surface area contributed by atoms with Crippen LogP contribution in [0.25, 0.3) is 0 Å². The van der Waals surface area contributed by atoms with Crippen LogP contribution in [-0.2, 0) is 22.4 Å². The van der Waals surface area contributed by atoms with Gasteiger partial charge in [0.2, 0.25) is 0 Å². The Morgan fingerprint density at radius 1 is 1.50 bits per heavy atom. The van der Waals surface area contributed by atoms with Gasteiger partial charge in [0.1, 0.15) is 0 Å². The third-order valence-corrected chi connectivity index (χ3v) is 4.26. The van der Waals surface area contributed by atoms with Crippen LogP contribution in [0.15, 0.2) is 23.1 Å². The quantitative estimate of drug-likeness (QED) is 0.653. The Hall–Kier alpha value is -1.00. The summed E-state index contributed by atoms with van der Waals surface area (Å²) in [5.41, 5.74) is 2.82. The van der Waals surface area contributed by atoms with E-state index in [1.807, 2.05) is 11.8 Å². The number of fused-ring (bicyclic) bond motifs is 1. The standard InChI is InChI=1S/C14H19NO2S/c1-17-14(16)10-15-7-6-11-4-5-13-12(9-11)3-2-8-18-13/h4-5,9,15H,2-3,6-8,10H2,1H3. The fourth-order valence-corrected chi connectivity index (χ4v) is 3.08. The number of carbonyl (C=O) groups is 1. The van der Waals surface area contributed by atoms with E-state index in [0.29, 0.717) is 0 Å². The van der Waals surface area contributed by atoms with Crippen molar-refractivity contribution in [2.75, 3.05) is 26.0 Å². The molecule has 0 saturated carbocycles. The fourth-order valence-electron chi connectivity index (χ4n) is 2.06. The highest BCUT2D eigenvalue weighted by atomic mass is 32.2. The monoisotopic (exact) mass is 265 g/mol. The molecule has 4 heteroatoms. The zero-order chi connectivity index (χ0) is 12.8. The molecule has 0 unspecified atom stereocenters. The first kappa shape index (κ1) is 13.4. The molecule has 0 amide bonds. The average Bonchev–Trinajstić information content (AvgIpc) is 2.43. The second-order valence-corrected chi connectivity index (χ2v) is 5.53. The lowest BCUT2D eigenvalue weighted by Crippen LogP contribution is -2.25. The molecule has 0 atom stereocenters. The first-order valence-electron chi connectivity index (χ1n) is 6.32. The molecule has 2 rings (SSSR count). The number of ether oxygens (including phenoxy) is 1. The van der Waals surface area contributed by atoms with E-state index in [1.165, 1.54) is 41.7 Å². The van der Waals surface area contributed by atoms with Crippen molar-refractivity contribution in [3.05, 3.63) is 29.3 Å². The summed E-state index contributed by atoms with van der Waals surface area (Å²) in [5, 5.41) is 3.08. The molecule has 1 aromatic carbocycles. The van der Waals surface area contributed by atoms with Crippen LogP contribution in [0, 0.1) is 0 Å². The molecule has 3 nitrogen and oxygen atoms in total. The predicted molar refractivity (Wildman–Crippen MR) is 74.1 cm³/mol. The molecule has 1 N–H and O–H groups in total. The summed E-state index contributed by atoms with van der Waals surface area (Å²) < 4.78 is 4.57. The minimum atomic E-state index is -0.211. The van der Waals surface area contributed by atoms with Gasteiger partial charge < -0.3 is 10.1 Å². The summed E-state index contributed by atoms with van der Waals surface area (Å²) in [6, 6.07) is 6.73. The number of esters is 1. The molecule has 1 aromatic rings. The fraction of sp³-hybridized carbons (Fsp3) is 0.500. The summed E-state index contributed by atoms with van der Waals surface area (Å²) in [7, 11) is 1.41. The second-order valence-electron chi connectivity index (χ2n) is 4.40. The van der Waals surface area contributed by atoms with Crippen molar-refractivity contribution >= 4 is 17.7 Å². The smallest absolute Gasteiger partial charge is 0.319 e. The Labute approximate surface area is 112 Å². The molecule has 18 heavy (non-hydrogen) atoms. The molecule has 0 spiro atoms. The van der Waals surface area contributed by atoms with Gasteiger partial charge in [-0.1, -0.05) is 12.1 Å². The number of thioether (sulfide) groups is 1. The molecule has 1 heterocycles. The first-order valence-corrected chi connectivity index (χ1v) is 7.30. The largest absolute Gasteiger partial charge is 0.468 e. The number of carbonyl (C=O) groups excluding carboxylic acids is 1. The van der Waals surface area contributed by atoms with Gasteiger partial charge in [-0.3, -0.25) is 4.79 Å². The first-order chi connectivity index (χ1) is 8.79. The number of nitrogens with one attached hydrogen (secondary N) is 1. The molecule has 0 aliphatic carbocycles. The Bertz CT molecular complexity index is 420. The van der Waals surface area contributed by atoms with E-state index in [1.54, 1.807) is 0 Å². The molecule has 0 aromatic heterocycles. The van der Waals surface area contributed by atoms with Crippen LogP contribution < -0.4 is 5.32 Å². The van der Waals surface area contributed by atoms with E-state index in [-0.39, 0.29) is 12.5 Å². The van der Waals surface area contributed by atoms with Crippen LogP contribution >= 0.6 is 11.8 Å². The maximum absolute atomic E-state index is 10.9. The maximum atomic E-state index is 10.9. The van der Waals surface area contributed by atoms with Crippen LogP contribution in [0.5, 0.6) is 0 Å². The highest BCUT2D eigenvalue weighted by molar-refractivity contribution is 7.99. The lowest BCUT2D eigenvalue weighted by molar-refractivity contribution is -0.139. The third kappa shape index (κ3) is 3.75. The van der Waals surface area contributed by atoms with E-state index < -0.39 is 0 Å². The number of hydrogen-bond acceptors (Lipinski definition) is 4. The third-order valence-electron chi connectivity index (χ3n) is 3.06. The summed E-state index contributed by atoms with van der Waals surface area (Å²) in [4.78, 5) is 12.4. The van der Waals surface area contributed by atoms with E-state index >= 15 is 0 Å². The Kier molecular flexibility index (Phi) is 5.08. The summed E-state index contributed by atoms with van der Waals surface area (Å²) >= 11 is 1.96. The number of rotatable bonds is 5. The van der Waals surface area contributed by atoms with Crippen molar-refractivity contribution < 1.29 is 9.53 Å². The van der Waals surface area contributed by atoms with Gasteiger partial charge in [-0.2, -0.15) is 0 Å². The topological polar surface area (TPSA) is 38.3 Å². The summed E-state index contributed by atoms with van der Waals surface area (Å²) in [6.45, 7) is 1.10. The normalized spacial score (nSPS) is 14.1. The molecule has 0 saturated heterocycles. The SMILES string of the molecule is COC(=O)CNCCc1ccc2c(c1)CCCS2. The van der Waals surface area contributed by atoms with Crippen molar-refractivity contribution in [2.45, 2.75) is 24.2 Å². The minimum absolute atomic E-state index is 0.211. The molecule has 1 aliphatic rings. The minimum Gasteiger partial charge on any atom is -0.468 e. The van der Waals surface area contributed by atoms with Gasteiger partial charge in [0.05, 0.1) is 13.7 Å². The van der Waals surface area contributed by atoms with Crippen LogP contribution in [0.1, 0.15) is 17.5 Å². The van der Waals surface area contributed by atoms with Gasteiger partial charge in [0.15, 0.2) is 0 Å². The highest BCUT2D eigenvalue weighted by Gasteiger charge is 2.09. The van der Waals surface area contributed by atoms with E-state index in [4.69, 9.17) is 0 Å². The molecule has 0 radical (unpaired) electrons. The van der Waals surface area contributed by atoms with Gasteiger partial charge in [-0.25, -0.2) is 0 Å². The number of hydrogen-bond donors (Lipinski definition) is 1. The zero-order valence-corrected chi connectivity index (χ0v) is 11.5.